The minimum atomic E-state index is -0.542. The van der Waals surface area contributed by atoms with E-state index in [-0.39, 0.29) is 5.41 Å². The molecule has 4 nitrogen and oxygen atoms in total. The maximum absolute atomic E-state index is 6.84. The summed E-state index contributed by atoms with van der Waals surface area (Å²) < 4.78 is 25.3. The number of hydrogen-bond donors (Lipinski definition) is 0. The Kier molecular flexibility index (Phi) is 9.38. The van der Waals surface area contributed by atoms with E-state index in [0.717, 1.165) is 92.3 Å². The highest BCUT2D eigenvalue weighted by molar-refractivity contribution is 5.53. The topological polar surface area (TPSA) is 36.9 Å². The summed E-state index contributed by atoms with van der Waals surface area (Å²) in [4.78, 5) is 0. The molecular formula is C31H46O4. The minimum Gasteiger partial charge on any atom is -0.494 e. The SMILES string of the molecule is CCCCOc1ccc(OCCCC)c(C2(C)CC(C)(C)c3cc(OCCCC)c(C)cc3O2)c1. The molecule has 0 bridgehead atoms. The zero-order chi connectivity index (χ0) is 25.5. The van der Waals surface area contributed by atoms with Crippen molar-refractivity contribution in [1.29, 1.82) is 0 Å². The van der Waals surface area contributed by atoms with Gasteiger partial charge in [0.05, 0.1) is 19.8 Å². The lowest BCUT2D eigenvalue weighted by molar-refractivity contribution is 0.0292. The van der Waals surface area contributed by atoms with E-state index in [1.807, 2.05) is 6.07 Å². The van der Waals surface area contributed by atoms with Gasteiger partial charge in [0.15, 0.2) is 0 Å². The van der Waals surface area contributed by atoms with Gasteiger partial charge in [-0.05, 0) is 74.4 Å². The molecule has 3 rings (SSSR count). The standard InChI is InChI=1S/C31H46O4/c1-8-11-16-32-24-14-15-27(33-17-12-9-2)26(20-24)31(7)22-30(5,6)25-21-28(34-18-13-10-3)23(4)19-29(25)35-31/h14-15,19-21H,8-13,16-18,22H2,1-7H3. The molecule has 0 aliphatic carbocycles. The first-order valence-corrected chi connectivity index (χ1v) is 13.6. The number of ether oxygens (including phenoxy) is 4. The molecule has 0 saturated heterocycles. The van der Waals surface area contributed by atoms with Crippen LogP contribution in [0, 0.1) is 6.92 Å². The number of benzene rings is 2. The largest absolute Gasteiger partial charge is 0.494 e. The van der Waals surface area contributed by atoms with Crippen molar-refractivity contribution in [2.75, 3.05) is 19.8 Å². The fourth-order valence-corrected chi connectivity index (χ4v) is 4.92. The maximum atomic E-state index is 6.84. The van der Waals surface area contributed by atoms with Crippen molar-refractivity contribution >= 4 is 0 Å². The second-order valence-corrected chi connectivity index (χ2v) is 10.8. The summed E-state index contributed by atoms with van der Waals surface area (Å²) in [5.74, 6) is 3.66. The van der Waals surface area contributed by atoms with Gasteiger partial charge in [-0.25, -0.2) is 0 Å². The summed E-state index contributed by atoms with van der Waals surface area (Å²) >= 11 is 0. The second-order valence-electron chi connectivity index (χ2n) is 10.8. The smallest absolute Gasteiger partial charge is 0.136 e. The van der Waals surface area contributed by atoms with Crippen molar-refractivity contribution in [1.82, 2.24) is 0 Å². The Morgan fingerprint density at radius 3 is 1.97 bits per heavy atom. The fraction of sp³-hybridized carbons (Fsp3) is 0.613. The Labute approximate surface area is 213 Å². The highest BCUT2D eigenvalue weighted by atomic mass is 16.5. The second kappa shape index (κ2) is 12.1. The van der Waals surface area contributed by atoms with Gasteiger partial charge in [0, 0.05) is 17.5 Å². The van der Waals surface area contributed by atoms with Gasteiger partial charge in [0.2, 0.25) is 0 Å². The fourth-order valence-electron chi connectivity index (χ4n) is 4.92. The van der Waals surface area contributed by atoms with Gasteiger partial charge < -0.3 is 18.9 Å². The van der Waals surface area contributed by atoms with Crippen molar-refractivity contribution in [3.05, 3.63) is 47.0 Å². The third kappa shape index (κ3) is 6.65. The van der Waals surface area contributed by atoms with E-state index >= 15 is 0 Å². The summed E-state index contributed by atoms with van der Waals surface area (Å²) in [6.45, 7) is 17.6. The molecule has 1 aliphatic rings. The van der Waals surface area contributed by atoms with Gasteiger partial charge in [0.1, 0.15) is 28.6 Å². The van der Waals surface area contributed by atoms with Gasteiger partial charge >= 0.3 is 0 Å². The van der Waals surface area contributed by atoms with E-state index in [2.05, 4.69) is 72.7 Å². The average Bonchev–Trinajstić information content (AvgIpc) is 2.80. The summed E-state index contributed by atoms with van der Waals surface area (Å²) in [6.07, 6.45) is 7.30. The zero-order valence-corrected chi connectivity index (χ0v) is 23.1. The normalized spacial score (nSPS) is 18.5. The Morgan fingerprint density at radius 2 is 1.34 bits per heavy atom. The molecule has 0 N–H and O–H groups in total. The molecule has 4 heteroatoms. The first kappa shape index (κ1) is 27.2. The van der Waals surface area contributed by atoms with Crippen LogP contribution in [0.2, 0.25) is 0 Å². The van der Waals surface area contributed by atoms with Crippen molar-refractivity contribution in [3.63, 3.8) is 0 Å². The van der Waals surface area contributed by atoms with Crippen LogP contribution < -0.4 is 18.9 Å². The first-order chi connectivity index (χ1) is 16.7. The summed E-state index contributed by atoms with van der Waals surface area (Å²) in [5.41, 5.74) is 2.73. The molecule has 1 aliphatic heterocycles. The van der Waals surface area contributed by atoms with Crippen LogP contribution in [-0.2, 0) is 11.0 Å². The summed E-state index contributed by atoms with van der Waals surface area (Å²) in [7, 11) is 0. The molecule has 194 valence electrons. The van der Waals surface area contributed by atoms with Crippen LogP contribution in [-0.4, -0.2) is 19.8 Å². The molecule has 0 amide bonds. The molecule has 0 aromatic heterocycles. The minimum absolute atomic E-state index is 0.0986. The Morgan fingerprint density at radius 1 is 0.743 bits per heavy atom. The molecule has 35 heavy (non-hydrogen) atoms. The van der Waals surface area contributed by atoms with Crippen LogP contribution in [0.25, 0.3) is 0 Å². The van der Waals surface area contributed by atoms with E-state index in [1.165, 1.54) is 5.56 Å². The number of rotatable bonds is 13. The average molecular weight is 483 g/mol. The molecule has 2 aromatic rings. The van der Waals surface area contributed by atoms with Gasteiger partial charge in [-0.15, -0.1) is 0 Å². The molecule has 1 heterocycles. The van der Waals surface area contributed by atoms with E-state index in [1.54, 1.807) is 0 Å². The van der Waals surface area contributed by atoms with E-state index < -0.39 is 5.60 Å². The third-order valence-corrected chi connectivity index (χ3v) is 6.92. The number of hydrogen-bond acceptors (Lipinski definition) is 4. The molecule has 2 aromatic carbocycles. The number of fused-ring (bicyclic) bond motifs is 1. The van der Waals surface area contributed by atoms with Crippen LogP contribution in [0.5, 0.6) is 23.0 Å². The Balaban J connectivity index is 1.98. The quantitative estimate of drug-likeness (QED) is 0.268. The monoisotopic (exact) mass is 482 g/mol. The molecule has 0 fully saturated rings. The van der Waals surface area contributed by atoms with Gasteiger partial charge in [0.25, 0.3) is 0 Å². The molecule has 0 spiro atoms. The molecular weight excluding hydrogens is 436 g/mol. The summed E-state index contributed by atoms with van der Waals surface area (Å²) in [5, 5.41) is 0. The van der Waals surface area contributed by atoms with Crippen molar-refractivity contribution in [3.8, 4) is 23.0 Å². The van der Waals surface area contributed by atoms with Crippen molar-refractivity contribution in [2.24, 2.45) is 0 Å². The third-order valence-electron chi connectivity index (χ3n) is 6.92. The number of unbranched alkanes of at least 4 members (excludes halogenated alkanes) is 3. The molecule has 1 unspecified atom stereocenters. The van der Waals surface area contributed by atoms with E-state index in [9.17, 15) is 0 Å². The highest BCUT2D eigenvalue weighted by Crippen LogP contribution is 2.52. The van der Waals surface area contributed by atoms with Crippen LogP contribution in [0.3, 0.4) is 0 Å². The van der Waals surface area contributed by atoms with Crippen LogP contribution in [0.1, 0.15) is 103 Å². The van der Waals surface area contributed by atoms with Crippen molar-refractivity contribution < 1.29 is 18.9 Å². The first-order valence-electron chi connectivity index (χ1n) is 13.6. The van der Waals surface area contributed by atoms with Gasteiger partial charge in [-0.1, -0.05) is 53.9 Å². The van der Waals surface area contributed by atoms with Gasteiger partial charge in [-0.3, -0.25) is 0 Å². The van der Waals surface area contributed by atoms with Crippen LogP contribution >= 0.6 is 0 Å². The molecule has 0 saturated carbocycles. The highest BCUT2D eigenvalue weighted by Gasteiger charge is 2.45. The van der Waals surface area contributed by atoms with E-state index in [4.69, 9.17) is 18.9 Å². The van der Waals surface area contributed by atoms with Crippen LogP contribution in [0.15, 0.2) is 30.3 Å². The lowest BCUT2D eigenvalue weighted by Gasteiger charge is -2.45. The van der Waals surface area contributed by atoms with Crippen LogP contribution in [0.4, 0.5) is 0 Å². The lowest BCUT2D eigenvalue weighted by Crippen LogP contribution is -2.42. The predicted molar refractivity (Wildman–Crippen MR) is 144 cm³/mol. The predicted octanol–water partition coefficient (Wildman–Crippen LogP) is 8.51. The Hall–Kier alpha value is -2.36. The lowest BCUT2D eigenvalue weighted by atomic mass is 9.70. The zero-order valence-electron chi connectivity index (χ0n) is 23.1. The Bertz CT molecular complexity index is 965. The van der Waals surface area contributed by atoms with Gasteiger partial charge in [-0.2, -0.15) is 0 Å². The van der Waals surface area contributed by atoms with Crippen molar-refractivity contribution in [2.45, 2.75) is 104 Å². The molecule has 0 radical (unpaired) electrons. The maximum Gasteiger partial charge on any atom is 0.136 e. The number of aryl methyl sites for hydroxylation is 1. The summed E-state index contributed by atoms with van der Waals surface area (Å²) in [6, 6.07) is 10.6. The van der Waals surface area contributed by atoms with E-state index in [0.29, 0.717) is 6.61 Å². The molecule has 1 atom stereocenters.